The second kappa shape index (κ2) is 5.53. The second-order valence-corrected chi connectivity index (χ2v) is 4.86. The van der Waals surface area contributed by atoms with E-state index in [2.05, 4.69) is 48.9 Å². The lowest BCUT2D eigenvalue weighted by atomic mass is 10.2. The van der Waals surface area contributed by atoms with Gasteiger partial charge in [-0.25, -0.2) is 4.98 Å². The number of rotatable bonds is 5. The zero-order valence-electron chi connectivity index (χ0n) is 11.8. The standard InChI is InChI=1S/C15H23N3/c1-5-9-18-14-8-7-11(3)10-13(14)17-15(18)12(6-2)16-4/h7-8,10,12,16H,5-6,9H2,1-4H3. The molecule has 3 heteroatoms. The van der Waals surface area contributed by atoms with E-state index in [4.69, 9.17) is 4.98 Å². The minimum Gasteiger partial charge on any atom is -0.327 e. The minimum atomic E-state index is 0.337. The van der Waals surface area contributed by atoms with Crippen molar-refractivity contribution in [3.8, 4) is 0 Å². The van der Waals surface area contributed by atoms with E-state index in [1.165, 1.54) is 16.9 Å². The first-order chi connectivity index (χ1) is 8.71. The van der Waals surface area contributed by atoms with Gasteiger partial charge in [0, 0.05) is 6.54 Å². The van der Waals surface area contributed by atoms with Crippen molar-refractivity contribution in [3.63, 3.8) is 0 Å². The molecule has 0 fully saturated rings. The largest absolute Gasteiger partial charge is 0.327 e. The van der Waals surface area contributed by atoms with Crippen LogP contribution in [0, 0.1) is 6.92 Å². The molecule has 0 radical (unpaired) electrons. The normalized spacial score (nSPS) is 13.1. The van der Waals surface area contributed by atoms with Crippen LogP contribution in [0.4, 0.5) is 0 Å². The number of aryl methyl sites for hydroxylation is 2. The van der Waals surface area contributed by atoms with Crippen molar-refractivity contribution in [1.29, 1.82) is 0 Å². The van der Waals surface area contributed by atoms with E-state index in [0.717, 1.165) is 24.9 Å². The van der Waals surface area contributed by atoms with Gasteiger partial charge in [0.25, 0.3) is 0 Å². The Kier molecular flexibility index (Phi) is 4.02. The molecule has 1 aromatic carbocycles. The summed E-state index contributed by atoms with van der Waals surface area (Å²) in [4.78, 5) is 4.83. The first kappa shape index (κ1) is 13.1. The molecule has 2 aromatic rings. The summed E-state index contributed by atoms with van der Waals surface area (Å²) in [6.07, 6.45) is 2.19. The van der Waals surface area contributed by atoms with Crippen molar-refractivity contribution in [2.75, 3.05) is 7.05 Å². The smallest absolute Gasteiger partial charge is 0.127 e. The van der Waals surface area contributed by atoms with Gasteiger partial charge < -0.3 is 9.88 Å². The highest BCUT2D eigenvalue weighted by Crippen LogP contribution is 2.23. The number of fused-ring (bicyclic) bond motifs is 1. The van der Waals surface area contributed by atoms with Gasteiger partial charge in [0.05, 0.1) is 17.1 Å². The minimum absolute atomic E-state index is 0.337. The number of imidazole rings is 1. The van der Waals surface area contributed by atoms with Crippen LogP contribution in [0.3, 0.4) is 0 Å². The van der Waals surface area contributed by atoms with Crippen molar-refractivity contribution >= 4 is 11.0 Å². The molecule has 2 rings (SSSR count). The number of benzene rings is 1. The van der Waals surface area contributed by atoms with Gasteiger partial charge >= 0.3 is 0 Å². The van der Waals surface area contributed by atoms with Gasteiger partial charge in [0.1, 0.15) is 5.82 Å². The van der Waals surface area contributed by atoms with Crippen LogP contribution < -0.4 is 5.32 Å². The van der Waals surface area contributed by atoms with Gasteiger partial charge in [0.15, 0.2) is 0 Å². The Morgan fingerprint density at radius 2 is 2.11 bits per heavy atom. The molecule has 0 saturated carbocycles. The molecule has 0 aliphatic carbocycles. The average molecular weight is 245 g/mol. The van der Waals surface area contributed by atoms with Gasteiger partial charge in [0.2, 0.25) is 0 Å². The van der Waals surface area contributed by atoms with Crippen molar-refractivity contribution in [1.82, 2.24) is 14.9 Å². The molecule has 0 amide bonds. The molecule has 0 saturated heterocycles. The Bertz CT molecular complexity index is 524. The molecule has 0 aliphatic heterocycles. The summed E-state index contributed by atoms with van der Waals surface area (Å²) in [6.45, 7) is 7.56. The lowest BCUT2D eigenvalue weighted by Gasteiger charge is -2.15. The van der Waals surface area contributed by atoms with Crippen LogP contribution in [-0.2, 0) is 6.54 Å². The second-order valence-electron chi connectivity index (χ2n) is 4.86. The van der Waals surface area contributed by atoms with Crippen molar-refractivity contribution in [3.05, 3.63) is 29.6 Å². The molecular weight excluding hydrogens is 222 g/mol. The van der Waals surface area contributed by atoms with Crippen molar-refractivity contribution in [2.24, 2.45) is 0 Å². The molecule has 1 heterocycles. The number of aromatic nitrogens is 2. The Morgan fingerprint density at radius 1 is 1.33 bits per heavy atom. The molecule has 0 aliphatic rings. The zero-order valence-corrected chi connectivity index (χ0v) is 11.8. The van der Waals surface area contributed by atoms with E-state index < -0.39 is 0 Å². The van der Waals surface area contributed by atoms with Crippen LogP contribution in [0.5, 0.6) is 0 Å². The summed E-state index contributed by atoms with van der Waals surface area (Å²) in [5, 5.41) is 3.36. The highest BCUT2D eigenvalue weighted by molar-refractivity contribution is 5.77. The first-order valence-corrected chi connectivity index (χ1v) is 6.85. The molecule has 1 aromatic heterocycles. The van der Waals surface area contributed by atoms with Crippen LogP contribution in [0.1, 0.15) is 44.1 Å². The third-order valence-electron chi connectivity index (χ3n) is 3.45. The van der Waals surface area contributed by atoms with E-state index in [9.17, 15) is 0 Å². The Balaban J connectivity index is 2.59. The summed E-state index contributed by atoms with van der Waals surface area (Å²) in [7, 11) is 2.01. The summed E-state index contributed by atoms with van der Waals surface area (Å²) < 4.78 is 2.36. The van der Waals surface area contributed by atoms with E-state index in [1.54, 1.807) is 0 Å². The topological polar surface area (TPSA) is 29.9 Å². The van der Waals surface area contributed by atoms with E-state index in [1.807, 2.05) is 7.05 Å². The van der Waals surface area contributed by atoms with Crippen LogP contribution in [0.2, 0.25) is 0 Å². The molecule has 0 spiro atoms. The molecular formula is C15H23N3. The summed E-state index contributed by atoms with van der Waals surface area (Å²) in [6, 6.07) is 6.87. The van der Waals surface area contributed by atoms with E-state index >= 15 is 0 Å². The van der Waals surface area contributed by atoms with Crippen LogP contribution in [0.25, 0.3) is 11.0 Å². The maximum Gasteiger partial charge on any atom is 0.127 e. The zero-order chi connectivity index (χ0) is 13.1. The molecule has 1 unspecified atom stereocenters. The number of nitrogens with zero attached hydrogens (tertiary/aromatic N) is 2. The van der Waals surface area contributed by atoms with Gasteiger partial charge in [-0.15, -0.1) is 0 Å². The van der Waals surface area contributed by atoms with Crippen molar-refractivity contribution in [2.45, 2.75) is 46.2 Å². The lowest BCUT2D eigenvalue weighted by Crippen LogP contribution is -2.20. The maximum absolute atomic E-state index is 4.83. The predicted octanol–water partition coefficient (Wildman–Crippen LogP) is 3.43. The fraction of sp³-hybridized carbons (Fsp3) is 0.533. The quantitative estimate of drug-likeness (QED) is 0.874. The van der Waals surface area contributed by atoms with Gasteiger partial charge in [-0.2, -0.15) is 0 Å². The van der Waals surface area contributed by atoms with Crippen molar-refractivity contribution < 1.29 is 0 Å². The fourth-order valence-corrected chi connectivity index (χ4v) is 2.50. The highest BCUT2D eigenvalue weighted by Gasteiger charge is 2.16. The molecule has 98 valence electrons. The van der Waals surface area contributed by atoms with Crippen LogP contribution >= 0.6 is 0 Å². The molecule has 3 nitrogen and oxygen atoms in total. The molecule has 0 bridgehead atoms. The first-order valence-electron chi connectivity index (χ1n) is 6.85. The van der Waals surface area contributed by atoms with Gasteiger partial charge in [-0.05, 0) is 44.5 Å². The Labute approximate surface area is 109 Å². The lowest BCUT2D eigenvalue weighted by molar-refractivity contribution is 0.508. The highest BCUT2D eigenvalue weighted by atomic mass is 15.1. The maximum atomic E-state index is 4.83. The molecule has 1 atom stereocenters. The Hall–Kier alpha value is -1.35. The number of nitrogens with one attached hydrogen (secondary N) is 1. The SMILES string of the molecule is CCCn1c(C(CC)NC)nc2cc(C)ccc21. The van der Waals surface area contributed by atoms with Gasteiger partial charge in [-0.1, -0.05) is 19.9 Å². The summed E-state index contributed by atoms with van der Waals surface area (Å²) >= 11 is 0. The summed E-state index contributed by atoms with van der Waals surface area (Å²) in [5.74, 6) is 1.17. The average Bonchev–Trinajstić information content (AvgIpc) is 2.70. The fourth-order valence-electron chi connectivity index (χ4n) is 2.50. The van der Waals surface area contributed by atoms with Crippen LogP contribution in [-0.4, -0.2) is 16.6 Å². The molecule has 1 N–H and O–H groups in total. The third-order valence-corrected chi connectivity index (χ3v) is 3.45. The number of hydrogen-bond acceptors (Lipinski definition) is 2. The number of hydrogen-bond donors (Lipinski definition) is 1. The van der Waals surface area contributed by atoms with E-state index in [-0.39, 0.29) is 0 Å². The van der Waals surface area contributed by atoms with Crippen LogP contribution in [0.15, 0.2) is 18.2 Å². The predicted molar refractivity (Wildman–Crippen MR) is 76.9 cm³/mol. The van der Waals surface area contributed by atoms with Gasteiger partial charge in [-0.3, -0.25) is 0 Å². The monoisotopic (exact) mass is 245 g/mol. The molecule has 18 heavy (non-hydrogen) atoms. The Morgan fingerprint density at radius 3 is 2.72 bits per heavy atom. The third kappa shape index (κ3) is 2.27. The summed E-state index contributed by atoms with van der Waals surface area (Å²) in [5.41, 5.74) is 3.64. The van der Waals surface area contributed by atoms with E-state index in [0.29, 0.717) is 6.04 Å².